The highest BCUT2D eigenvalue weighted by Crippen LogP contribution is 2.25. The number of aryl methyl sites for hydroxylation is 1. The van der Waals surface area contributed by atoms with Crippen molar-refractivity contribution in [1.82, 2.24) is 9.88 Å². The lowest BCUT2D eigenvalue weighted by atomic mass is 10.0. The fraction of sp³-hybridized carbons (Fsp3) is 0.294. The molecule has 23 heavy (non-hydrogen) atoms. The summed E-state index contributed by atoms with van der Waals surface area (Å²) in [4.78, 5) is 18.0. The molecule has 1 atom stereocenters. The van der Waals surface area contributed by atoms with Crippen LogP contribution in [0.3, 0.4) is 0 Å². The van der Waals surface area contributed by atoms with E-state index in [1.165, 1.54) is 24.5 Å². The third kappa shape index (κ3) is 3.32. The normalized spacial score (nSPS) is 18.0. The van der Waals surface area contributed by atoms with Gasteiger partial charge in [-0.25, -0.2) is 4.39 Å². The Bertz CT molecular complexity index is 736. The smallest absolute Gasteiger partial charge is 0.255 e. The third-order valence-corrected chi connectivity index (χ3v) is 3.88. The maximum Gasteiger partial charge on any atom is 0.255 e. The van der Waals surface area contributed by atoms with Crippen LogP contribution >= 0.6 is 0 Å². The monoisotopic (exact) mass is 316 g/mol. The van der Waals surface area contributed by atoms with Gasteiger partial charge in [0, 0.05) is 12.7 Å². The predicted molar refractivity (Wildman–Crippen MR) is 81.6 cm³/mol. The Morgan fingerprint density at radius 1 is 1.39 bits per heavy atom. The highest BCUT2D eigenvalue weighted by atomic mass is 19.1. The van der Waals surface area contributed by atoms with E-state index < -0.39 is 0 Å². The van der Waals surface area contributed by atoms with Gasteiger partial charge in [0.15, 0.2) is 0 Å². The Kier molecular flexibility index (Phi) is 4.25. The van der Waals surface area contributed by atoms with Crippen molar-refractivity contribution < 1.29 is 19.0 Å². The van der Waals surface area contributed by atoms with Crippen LogP contribution in [0.25, 0.3) is 0 Å². The van der Waals surface area contributed by atoms with Gasteiger partial charge in [0.2, 0.25) is 0 Å². The van der Waals surface area contributed by atoms with Crippen molar-refractivity contribution in [3.63, 3.8) is 0 Å². The molecule has 0 bridgehead atoms. The molecule has 0 saturated carbocycles. The molecule has 120 valence electrons. The number of aromatic nitrogens is 1. The van der Waals surface area contributed by atoms with Gasteiger partial charge >= 0.3 is 0 Å². The molecule has 0 aliphatic carbocycles. The number of hydrogen-bond donors (Lipinski definition) is 1. The molecule has 1 aliphatic rings. The van der Waals surface area contributed by atoms with Gasteiger partial charge < -0.3 is 14.7 Å². The van der Waals surface area contributed by atoms with E-state index in [1.807, 2.05) is 0 Å². The number of nitrogens with zero attached hydrogens (tertiary/aromatic N) is 2. The standard InChI is InChI=1S/C17H17FN2O3/c1-11-6-12(2-3-15(11)18)16-10-20(4-5-23-16)17(22)13-7-14(21)9-19-8-13/h2-3,6-9,16,21H,4-5,10H2,1H3. The Morgan fingerprint density at radius 3 is 2.96 bits per heavy atom. The number of hydrogen-bond acceptors (Lipinski definition) is 4. The lowest BCUT2D eigenvalue weighted by molar-refractivity contribution is -0.0228. The summed E-state index contributed by atoms with van der Waals surface area (Å²) in [6.45, 7) is 2.94. The Balaban J connectivity index is 1.77. The molecular weight excluding hydrogens is 299 g/mol. The van der Waals surface area contributed by atoms with Crippen LogP contribution in [0, 0.1) is 12.7 Å². The first kappa shape index (κ1) is 15.4. The van der Waals surface area contributed by atoms with Crippen molar-refractivity contribution >= 4 is 5.91 Å². The third-order valence-electron chi connectivity index (χ3n) is 3.88. The molecule has 0 spiro atoms. The Labute approximate surface area is 133 Å². The number of ether oxygens (including phenoxy) is 1. The summed E-state index contributed by atoms with van der Waals surface area (Å²) < 4.78 is 19.1. The summed E-state index contributed by atoms with van der Waals surface area (Å²) in [6.07, 6.45) is 2.41. The highest BCUT2D eigenvalue weighted by Gasteiger charge is 2.26. The zero-order chi connectivity index (χ0) is 16.4. The van der Waals surface area contributed by atoms with Crippen LogP contribution in [0.4, 0.5) is 4.39 Å². The number of carbonyl (C=O) groups excluding carboxylic acids is 1. The molecule has 1 N–H and O–H groups in total. The van der Waals surface area contributed by atoms with E-state index in [0.717, 1.165) is 5.56 Å². The largest absolute Gasteiger partial charge is 0.506 e. The van der Waals surface area contributed by atoms with Crippen molar-refractivity contribution in [2.75, 3.05) is 19.7 Å². The van der Waals surface area contributed by atoms with Crippen LogP contribution in [-0.2, 0) is 4.74 Å². The van der Waals surface area contributed by atoms with Crippen LogP contribution < -0.4 is 0 Å². The lowest BCUT2D eigenvalue weighted by Gasteiger charge is -2.33. The zero-order valence-corrected chi connectivity index (χ0v) is 12.7. The topological polar surface area (TPSA) is 62.7 Å². The molecule has 2 aromatic rings. The molecule has 5 nitrogen and oxygen atoms in total. The fourth-order valence-corrected chi connectivity index (χ4v) is 2.63. The predicted octanol–water partition coefficient (Wildman–Crippen LogP) is 2.45. The second kappa shape index (κ2) is 6.34. The van der Waals surface area contributed by atoms with Crippen LogP contribution in [0.2, 0.25) is 0 Å². The van der Waals surface area contributed by atoms with Gasteiger partial charge in [-0.2, -0.15) is 0 Å². The van der Waals surface area contributed by atoms with Gasteiger partial charge in [0.25, 0.3) is 5.91 Å². The number of aromatic hydroxyl groups is 1. The number of amides is 1. The van der Waals surface area contributed by atoms with Crippen molar-refractivity contribution in [3.8, 4) is 5.75 Å². The summed E-state index contributed by atoms with van der Waals surface area (Å²) in [5.41, 5.74) is 1.73. The first-order chi connectivity index (χ1) is 11.0. The molecule has 3 rings (SSSR count). The molecule has 1 fully saturated rings. The van der Waals surface area contributed by atoms with Crippen molar-refractivity contribution in [1.29, 1.82) is 0 Å². The molecule has 0 radical (unpaired) electrons. The average molecular weight is 316 g/mol. The van der Waals surface area contributed by atoms with E-state index >= 15 is 0 Å². The summed E-state index contributed by atoms with van der Waals surface area (Å²) in [5.74, 6) is -0.515. The van der Waals surface area contributed by atoms with E-state index in [-0.39, 0.29) is 23.6 Å². The lowest BCUT2D eigenvalue weighted by Crippen LogP contribution is -2.42. The minimum Gasteiger partial charge on any atom is -0.506 e. The average Bonchev–Trinajstić information content (AvgIpc) is 2.57. The molecule has 1 saturated heterocycles. The number of morpholine rings is 1. The SMILES string of the molecule is Cc1cc(C2CN(C(=O)c3cncc(O)c3)CCO2)ccc1F. The Hall–Kier alpha value is -2.47. The van der Waals surface area contributed by atoms with Crippen LogP contribution in [-0.4, -0.2) is 40.6 Å². The van der Waals surface area contributed by atoms with Crippen molar-refractivity contribution in [2.45, 2.75) is 13.0 Å². The fourth-order valence-electron chi connectivity index (χ4n) is 2.63. The molecular formula is C17H17FN2O3. The number of carbonyl (C=O) groups is 1. The van der Waals surface area contributed by atoms with E-state index in [4.69, 9.17) is 4.74 Å². The van der Waals surface area contributed by atoms with Gasteiger partial charge in [-0.3, -0.25) is 9.78 Å². The maximum absolute atomic E-state index is 13.4. The van der Waals surface area contributed by atoms with Gasteiger partial charge in [0.1, 0.15) is 17.7 Å². The summed E-state index contributed by atoms with van der Waals surface area (Å²) in [5, 5.41) is 9.45. The number of halogens is 1. The van der Waals surface area contributed by atoms with Gasteiger partial charge in [-0.1, -0.05) is 12.1 Å². The summed E-state index contributed by atoms with van der Waals surface area (Å²) in [6, 6.07) is 6.22. The maximum atomic E-state index is 13.4. The molecule has 1 aromatic heterocycles. The molecule has 1 amide bonds. The number of rotatable bonds is 2. The highest BCUT2D eigenvalue weighted by molar-refractivity contribution is 5.94. The zero-order valence-electron chi connectivity index (χ0n) is 12.7. The number of pyridine rings is 1. The van der Waals surface area contributed by atoms with Crippen LogP contribution in [0.15, 0.2) is 36.7 Å². The van der Waals surface area contributed by atoms with E-state index in [0.29, 0.717) is 30.8 Å². The second-order valence-corrected chi connectivity index (χ2v) is 5.55. The second-order valence-electron chi connectivity index (χ2n) is 5.55. The van der Waals surface area contributed by atoms with Crippen LogP contribution in [0.5, 0.6) is 5.75 Å². The quantitative estimate of drug-likeness (QED) is 0.924. The molecule has 1 aromatic carbocycles. The van der Waals surface area contributed by atoms with Crippen molar-refractivity contribution in [3.05, 3.63) is 59.2 Å². The van der Waals surface area contributed by atoms with E-state index in [2.05, 4.69) is 4.98 Å². The number of benzene rings is 1. The molecule has 6 heteroatoms. The molecule has 2 heterocycles. The van der Waals surface area contributed by atoms with Gasteiger partial charge in [-0.05, 0) is 30.2 Å². The summed E-state index contributed by atoms with van der Waals surface area (Å²) >= 11 is 0. The minimum absolute atomic E-state index is 0.0465. The Morgan fingerprint density at radius 2 is 2.22 bits per heavy atom. The first-order valence-corrected chi connectivity index (χ1v) is 7.35. The summed E-state index contributed by atoms with van der Waals surface area (Å²) in [7, 11) is 0. The molecule has 1 aliphatic heterocycles. The van der Waals surface area contributed by atoms with Crippen molar-refractivity contribution in [2.24, 2.45) is 0 Å². The van der Waals surface area contributed by atoms with E-state index in [9.17, 15) is 14.3 Å². The van der Waals surface area contributed by atoms with E-state index in [1.54, 1.807) is 24.0 Å². The van der Waals surface area contributed by atoms with Crippen LogP contribution in [0.1, 0.15) is 27.6 Å². The van der Waals surface area contributed by atoms with Gasteiger partial charge in [0.05, 0.1) is 24.9 Å². The first-order valence-electron chi connectivity index (χ1n) is 7.35. The molecule has 1 unspecified atom stereocenters. The minimum atomic E-state index is -0.294. The van der Waals surface area contributed by atoms with Gasteiger partial charge in [-0.15, -0.1) is 0 Å².